The van der Waals surface area contributed by atoms with Crippen LogP contribution in [0, 0.1) is 5.82 Å². The summed E-state index contributed by atoms with van der Waals surface area (Å²) >= 11 is 3.31. The zero-order valence-electron chi connectivity index (χ0n) is 11.6. The third-order valence-electron chi connectivity index (χ3n) is 3.48. The monoisotopic (exact) mass is 349 g/mol. The van der Waals surface area contributed by atoms with Gasteiger partial charge in [0, 0.05) is 17.1 Å². The second-order valence-corrected chi connectivity index (χ2v) is 6.25. The summed E-state index contributed by atoms with van der Waals surface area (Å²) in [6.07, 6.45) is 2.59. The number of hydrogen-bond acceptors (Lipinski definition) is 2. The van der Waals surface area contributed by atoms with Gasteiger partial charge in [-0.15, -0.1) is 0 Å². The molecule has 3 rings (SSSR count). The number of ether oxygens (including phenoxy) is 1. The van der Waals surface area contributed by atoms with E-state index in [1.54, 1.807) is 12.1 Å². The van der Waals surface area contributed by atoms with Crippen molar-refractivity contribution in [2.24, 2.45) is 0 Å². The summed E-state index contributed by atoms with van der Waals surface area (Å²) in [7, 11) is 0. The van der Waals surface area contributed by atoms with E-state index in [-0.39, 0.29) is 11.6 Å². The first-order valence-corrected chi connectivity index (χ1v) is 7.89. The van der Waals surface area contributed by atoms with Crippen molar-refractivity contribution < 1.29 is 9.13 Å². The van der Waals surface area contributed by atoms with Gasteiger partial charge in [0.25, 0.3) is 0 Å². The van der Waals surface area contributed by atoms with E-state index in [0.717, 1.165) is 16.6 Å². The molecule has 2 nitrogen and oxygen atoms in total. The van der Waals surface area contributed by atoms with Crippen molar-refractivity contribution in [3.63, 3.8) is 0 Å². The number of benzene rings is 2. The second-order valence-electron chi connectivity index (χ2n) is 5.34. The molecule has 2 aromatic carbocycles. The van der Waals surface area contributed by atoms with Gasteiger partial charge in [0.05, 0.1) is 0 Å². The molecular weight excluding hydrogens is 333 g/mol. The fourth-order valence-corrected chi connectivity index (χ4v) is 2.39. The molecule has 1 aliphatic rings. The third kappa shape index (κ3) is 4.29. The molecule has 1 fully saturated rings. The van der Waals surface area contributed by atoms with Gasteiger partial charge in [-0.1, -0.05) is 40.2 Å². The van der Waals surface area contributed by atoms with E-state index in [4.69, 9.17) is 4.74 Å². The van der Waals surface area contributed by atoms with E-state index in [2.05, 4.69) is 33.4 Å². The summed E-state index contributed by atoms with van der Waals surface area (Å²) in [4.78, 5) is 0. The largest absolute Gasteiger partial charge is 0.486 e. The van der Waals surface area contributed by atoms with Crippen LogP contribution in [-0.2, 0) is 13.2 Å². The van der Waals surface area contributed by atoms with E-state index in [1.807, 2.05) is 12.1 Å². The summed E-state index contributed by atoms with van der Waals surface area (Å²) < 4.78 is 19.9. The number of hydrogen-bond donors (Lipinski definition) is 1. The highest BCUT2D eigenvalue weighted by Gasteiger charge is 2.19. The van der Waals surface area contributed by atoms with Gasteiger partial charge in [0.1, 0.15) is 6.61 Å². The molecule has 0 aliphatic heterocycles. The SMILES string of the molecule is Fc1ccc(Br)cc1OCc1ccc(CNC2CC2)cc1. The predicted octanol–water partition coefficient (Wildman–Crippen LogP) is 4.42. The Balaban J connectivity index is 1.55. The average Bonchev–Trinajstić information content (AvgIpc) is 3.31. The number of nitrogens with one attached hydrogen (secondary N) is 1. The molecule has 1 aliphatic carbocycles. The van der Waals surface area contributed by atoms with E-state index in [9.17, 15) is 4.39 Å². The van der Waals surface area contributed by atoms with Crippen LogP contribution in [0.15, 0.2) is 46.9 Å². The van der Waals surface area contributed by atoms with Crippen LogP contribution in [-0.4, -0.2) is 6.04 Å². The highest BCUT2D eigenvalue weighted by atomic mass is 79.9. The summed E-state index contributed by atoms with van der Waals surface area (Å²) in [5, 5.41) is 3.48. The Morgan fingerprint density at radius 1 is 1.10 bits per heavy atom. The van der Waals surface area contributed by atoms with Crippen LogP contribution in [0.5, 0.6) is 5.75 Å². The van der Waals surface area contributed by atoms with Crippen LogP contribution in [0.4, 0.5) is 4.39 Å². The maximum atomic E-state index is 13.6. The van der Waals surface area contributed by atoms with Gasteiger partial charge in [-0.3, -0.25) is 0 Å². The highest BCUT2D eigenvalue weighted by molar-refractivity contribution is 9.10. The Labute approximate surface area is 132 Å². The quantitative estimate of drug-likeness (QED) is 0.833. The van der Waals surface area contributed by atoms with Gasteiger partial charge in [-0.25, -0.2) is 4.39 Å². The Hall–Kier alpha value is -1.39. The molecule has 0 radical (unpaired) electrons. The van der Waals surface area contributed by atoms with Crippen LogP contribution in [0.1, 0.15) is 24.0 Å². The van der Waals surface area contributed by atoms with Crippen LogP contribution in [0.25, 0.3) is 0 Å². The van der Waals surface area contributed by atoms with Crippen molar-refractivity contribution in [1.29, 1.82) is 0 Å². The van der Waals surface area contributed by atoms with Crippen molar-refractivity contribution in [1.82, 2.24) is 5.32 Å². The van der Waals surface area contributed by atoms with Crippen molar-refractivity contribution in [3.8, 4) is 5.75 Å². The van der Waals surface area contributed by atoms with Crippen molar-refractivity contribution in [2.45, 2.75) is 32.0 Å². The van der Waals surface area contributed by atoms with E-state index < -0.39 is 0 Å². The van der Waals surface area contributed by atoms with Gasteiger partial charge in [-0.05, 0) is 42.2 Å². The fourth-order valence-electron chi connectivity index (χ4n) is 2.05. The molecule has 0 saturated heterocycles. The van der Waals surface area contributed by atoms with Crippen LogP contribution in [0.3, 0.4) is 0 Å². The summed E-state index contributed by atoms with van der Waals surface area (Å²) in [6.45, 7) is 1.27. The smallest absolute Gasteiger partial charge is 0.165 e. The summed E-state index contributed by atoms with van der Waals surface area (Å²) in [5.41, 5.74) is 2.30. The molecule has 2 aromatic rings. The lowest BCUT2D eigenvalue weighted by Crippen LogP contribution is -2.15. The average molecular weight is 350 g/mol. The van der Waals surface area contributed by atoms with E-state index in [0.29, 0.717) is 12.6 Å². The molecule has 0 heterocycles. The molecule has 21 heavy (non-hydrogen) atoms. The standard InChI is InChI=1S/C17H17BrFNO/c18-14-5-8-16(19)17(9-14)21-11-13-3-1-12(2-4-13)10-20-15-6-7-15/h1-5,8-9,15,20H,6-7,10-11H2. The second kappa shape index (κ2) is 6.58. The minimum absolute atomic E-state index is 0.267. The first-order chi connectivity index (χ1) is 10.2. The Morgan fingerprint density at radius 2 is 1.81 bits per heavy atom. The van der Waals surface area contributed by atoms with E-state index in [1.165, 1.54) is 24.5 Å². The maximum Gasteiger partial charge on any atom is 0.165 e. The minimum atomic E-state index is -0.344. The van der Waals surface area contributed by atoms with Gasteiger partial charge in [-0.2, -0.15) is 0 Å². The molecule has 0 aromatic heterocycles. The topological polar surface area (TPSA) is 21.3 Å². The normalized spacial score (nSPS) is 14.2. The fraction of sp³-hybridized carbons (Fsp3) is 0.294. The molecule has 1 saturated carbocycles. The van der Waals surface area contributed by atoms with Crippen molar-refractivity contribution >= 4 is 15.9 Å². The van der Waals surface area contributed by atoms with Gasteiger partial charge >= 0.3 is 0 Å². The summed E-state index contributed by atoms with van der Waals surface area (Å²) in [5.74, 6) is -0.0766. The Bertz CT molecular complexity index is 611. The Kier molecular flexibility index (Phi) is 4.56. The molecule has 1 N–H and O–H groups in total. The van der Waals surface area contributed by atoms with E-state index >= 15 is 0 Å². The first-order valence-electron chi connectivity index (χ1n) is 7.10. The molecule has 0 amide bonds. The Morgan fingerprint density at radius 3 is 2.52 bits per heavy atom. The van der Waals surface area contributed by atoms with Gasteiger partial charge in [0.2, 0.25) is 0 Å². The van der Waals surface area contributed by atoms with Gasteiger partial charge < -0.3 is 10.1 Å². The zero-order valence-corrected chi connectivity index (χ0v) is 13.2. The minimum Gasteiger partial charge on any atom is -0.486 e. The van der Waals surface area contributed by atoms with Gasteiger partial charge in [0.15, 0.2) is 11.6 Å². The van der Waals surface area contributed by atoms with Crippen molar-refractivity contribution in [2.75, 3.05) is 0 Å². The molecule has 0 atom stereocenters. The lowest BCUT2D eigenvalue weighted by Gasteiger charge is -2.09. The maximum absolute atomic E-state index is 13.6. The zero-order chi connectivity index (χ0) is 14.7. The number of rotatable bonds is 6. The molecule has 0 spiro atoms. The molecular formula is C17H17BrFNO. The number of halogens is 2. The molecule has 0 unspecified atom stereocenters. The van der Waals surface area contributed by atoms with Crippen LogP contribution in [0.2, 0.25) is 0 Å². The molecule has 0 bridgehead atoms. The lowest BCUT2D eigenvalue weighted by atomic mass is 10.1. The third-order valence-corrected chi connectivity index (χ3v) is 3.98. The molecule has 4 heteroatoms. The summed E-state index contributed by atoms with van der Waals surface area (Å²) in [6, 6.07) is 13.6. The lowest BCUT2D eigenvalue weighted by molar-refractivity contribution is 0.290. The first kappa shape index (κ1) is 14.5. The van der Waals surface area contributed by atoms with Crippen LogP contribution < -0.4 is 10.1 Å². The van der Waals surface area contributed by atoms with Crippen LogP contribution >= 0.6 is 15.9 Å². The molecule has 110 valence electrons. The highest BCUT2D eigenvalue weighted by Crippen LogP contribution is 2.23. The van der Waals surface area contributed by atoms with Crippen molar-refractivity contribution in [3.05, 3.63) is 63.9 Å². The predicted molar refractivity (Wildman–Crippen MR) is 84.7 cm³/mol.